The summed E-state index contributed by atoms with van der Waals surface area (Å²) in [6.07, 6.45) is 5.17. The van der Waals surface area contributed by atoms with E-state index >= 15 is 0 Å². The summed E-state index contributed by atoms with van der Waals surface area (Å²) in [5, 5.41) is 0. The summed E-state index contributed by atoms with van der Waals surface area (Å²) in [5.74, 6) is 1.43. The van der Waals surface area contributed by atoms with Gasteiger partial charge < -0.3 is 5.73 Å². The van der Waals surface area contributed by atoms with E-state index < -0.39 is 0 Å². The number of hydrogen-bond donors (Lipinski definition) is 1. The molecule has 1 aliphatic rings. The molecule has 0 spiro atoms. The van der Waals surface area contributed by atoms with Gasteiger partial charge in [0, 0.05) is 9.75 Å². The zero-order chi connectivity index (χ0) is 10.8. The fraction of sp³-hybridized carbons (Fsp3) is 0.692. The SMILES string of the molecule is CC(C)c1cc2c(s1)CCCC2CCN. The van der Waals surface area contributed by atoms with Crippen LogP contribution in [0.1, 0.15) is 60.3 Å². The topological polar surface area (TPSA) is 26.0 Å². The van der Waals surface area contributed by atoms with Crippen molar-refractivity contribution in [2.24, 2.45) is 5.73 Å². The van der Waals surface area contributed by atoms with Crippen LogP contribution in [0.25, 0.3) is 0 Å². The Morgan fingerprint density at radius 1 is 1.53 bits per heavy atom. The van der Waals surface area contributed by atoms with Crippen LogP contribution >= 0.6 is 11.3 Å². The van der Waals surface area contributed by atoms with Crippen molar-refractivity contribution >= 4 is 11.3 Å². The third-order valence-corrected chi connectivity index (χ3v) is 4.85. The second-order valence-corrected chi connectivity index (χ2v) is 6.02. The average molecular weight is 223 g/mol. The molecule has 1 aliphatic carbocycles. The zero-order valence-corrected chi connectivity index (χ0v) is 10.6. The van der Waals surface area contributed by atoms with E-state index in [1.807, 2.05) is 11.3 Å². The van der Waals surface area contributed by atoms with Crippen LogP contribution in [0.4, 0.5) is 0 Å². The van der Waals surface area contributed by atoms with E-state index in [0.717, 1.165) is 12.5 Å². The summed E-state index contributed by atoms with van der Waals surface area (Å²) in [7, 11) is 0. The minimum absolute atomic E-state index is 0.680. The Balaban J connectivity index is 2.26. The van der Waals surface area contributed by atoms with Gasteiger partial charge in [0.1, 0.15) is 0 Å². The second kappa shape index (κ2) is 4.67. The van der Waals surface area contributed by atoms with Crippen molar-refractivity contribution in [1.29, 1.82) is 0 Å². The second-order valence-electron chi connectivity index (χ2n) is 4.85. The van der Waals surface area contributed by atoms with Crippen molar-refractivity contribution in [2.75, 3.05) is 6.54 Å². The lowest BCUT2D eigenvalue weighted by atomic mass is 9.85. The predicted octanol–water partition coefficient (Wildman–Crippen LogP) is 3.64. The third kappa shape index (κ3) is 2.26. The lowest BCUT2D eigenvalue weighted by Gasteiger charge is -2.21. The highest BCUT2D eigenvalue weighted by atomic mass is 32.1. The zero-order valence-electron chi connectivity index (χ0n) is 9.75. The van der Waals surface area contributed by atoms with Crippen molar-refractivity contribution in [3.63, 3.8) is 0 Å². The molecule has 2 N–H and O–H groups in total. The molecule has 2 heteroatoms. The van der Waals surface area contributed by atoms with Crippen LogP contribution in [0.5, 0.6) is 0 Å². The van der Waals surface area contributed by atoms with Crippen molar-refractivity contribution in [1.82, 2.24) is 0 Å². The highest BCUT2D eigenvalue weighted by Crippen LogP contribution is 2.40. The first-order valence-electron chi connectivity index (χ1n) is 6.05. The van der Waals surface area contributed by atoms with Gasteiger partial charge in [-0.1, -0.05) is 13.8 Å². The van der Waals surface area contributed by atoms with Gasteiger partial charge in [0.25, 0.3) is 0 Å². The molecule has 0 saturated heterocycles. The fourth-order valence-corrected chi connectivity index (χ4v) is 3.75. The molecular formula is C13H21NS. The highest BCUT2D eigenvalue weighted by Gasteiger charge is 2.22. The van der Waals surface area contributed by atoms with Gasteiger partial charge in [0.05, 0.1) is 0 Å². The number of fused-ring (bicyclic) bond motifs is 1. The van der Waals surface area contributed by atoms with E-state index in [-0.39, 0.29) is 0 Å². The maximum Gasteiger partial charge on any atom is 0.00831 e. The van der Waals surface area contributed by atoms with Gasteiger partial charge in [-0.3, -0.25) is 0 Å². The summed E-state index contributed by atoms with van der Waals surface area (Å²) in [5.41, 5.74) is 7.31. The Labute approximate surface area is 96.7 Å². The summed E-state index contributed by atoms with van der Waals surface area (Å²) in [6, 6.07) is 2.45. The first kappa shape index (κ1) is 11.2. The number of nitrogens with two attached hydrogens (primary N) is 1. The van der Waals surface area contributed by atoms with Crippen LogP contribution in [0.3, 0.4) is 0 Å². The predicted molar refractivity (Wildman–Crippen MR) is 67.8 cm³/mol. The maximum atomic E-state index is 5.69. The Morgan fingerprint density at radius 2 is 2.33 bits per heavy atom. The Hall–Kier alpha value is -0.340. The number of aryl methyl sites for hydroxylation is 1. The quantitative estimate of drug-likeness (QED) is 0.832. The molecule has 0 bridgehead atoms. The smallest absolute Gasteiger partial charge is 0.00831 e. The van der Waals surface area contributed by atoms with E-state index in [1.54, 1.807) is 15.3 Å². The molecule has 84 valence electrons. The summed E-state index contributed by atoms with van der Waals surface area (Å²) in [4.78, 5) is 3.20. The molecule has 1 nitrogen and oxygen atoms in total. The van der Waals surface area contributed by atoms with Gasteiger partial charge in [0.15, 0.2) is 0 Å². The molecule has 15 heavy (non-hydrogen) atoms. The van der Waals surface area contributed by atoms with Crippen molar-refractivity contribution in [3.8, 4) is 0 Å². The van der Waals surface area contributed by atoms with Crippen LogP contribution < -0.4 is 5.73 Å². The molecular weight excluding hydrogens is 202 g/mol. The van der Waals surface area contributed by atoms with Gasteiger partial charge in [-0.25, -0.2) is 0 Å². The fourth-order valence-electron chi connectivity index (χ4n) is 2.46. The van der Waals surface area contributed by atoms with Gasteiger partial charge >= 0.3 is 0 Å². The summed E-state index contributed by atoms with van der Waals surface area (Å²) >= 11 is 2.03. The largest absolute Gasteiger partial charge is 0.330 e. The van der Waals surface area contributed by atoms with Crippen LogP contribution in [-0.2, 0) is 6.42 Å². The van der Waals surface area contributed by atoms with Crippen LogP contribution in [-0.4, -0.2) is 6.54 Å². The van der Waals surface area contributed by atoms with Crippen LogP contribution in [0.15, 0.2) is 6.07 Å². The molecule has 1 heterocycles. The average Bonchev–Trinajstić information content (AvgIpc) is 2.63. The van der Waals surface area contributed by atoms with Gasteiger partial charge in [0.2, 0.25) is 0 Å². The van der Waals surface area contributed by atoms with E-state index in [0.29, 0.717) is 5.92 Å². The van der Waals surface area contributed by atoms with Crippen molar-refractivity contribution in [3.05, 3.63) is 21.4 Å². The first-order chi connectivity index (χ1) is 7.22. The molecule has 1 aromatic rings. The Kier molecular flexibility index (Phi) is 3.47. The molecule has 0 aromatic carbocycles. The van der Waals surface area contributed by atoms with E-state index in [2.05, 4.69) is 19.9 Å². The minimum Gasteiger partial charge on any atom is -0.330 e. The normalized spacial score (nSPS) is 20.7. The molecule has 0 fully saturated rings. The lowest BCUT2D eigenvalue weighted by Crippen LogP contribution is -2.11. The Bertz CT molecular complexity index is 327. The van der Waals surface area contributed by atoms with Gasteiger partial charge in [-0.15, -0.1) is 11.3 Å². The molecule has 2 rings (SSSR count). The van der Waals surface area contributed by atoms with Gasteiger partial charge in [-0.05, 0) is 55.7 Å². The number of rotatable bonds is 3. The van der Waals surface area contributed by atoms with E-state index in [4.69, 9.17) is 5.73 Å². The number of thiophene rings is 1. The first-order valence-corrected chi connectivity index (χ1v) is 6.86. The van der Waals surface area contributed by atoms with Crippen molar-refractivity contribution < 1.29 is 0 Å². The monoisotopic (exact) mass is 223 g/mol. The molecule has 1 atom stereocenters. The third-order valence-electron chi connectivity index (χ3n) is 3.34. The lowest BCUT2D eigenvalue weighted by molar-refractivity contribution is 0.531. The summed E-state index contributed by atoms with van der Waals surface area (Å²) in [6.45, 7) is 5.40. The summed E-state index contributed by atoms with van der Waals surface area (Å²) < 4.78 is 0. The van der Waals surface area contributed by atoms with E-state index in [9.17, 15) is 0 Å². The van der Waals surface area contributed by atoms with Crippen molar-refractivity contribution in [2.45, 2.75) is 51.4 Å². The molecule has 0 radical (unpaired) electrons. The van der Waals surface area contributed by atoms with Crippen LogP contribution in [0, 0.1) is 0 Å². The molecule has 1 unspecified atom stereocenters. The number of hydrogen-bond acceptors (Lipinski definition) is 2. The molecule has 1 aromatic heterocycles. The maximum absolute atomic E-state index is 5.69. The Morgan fingerprint density at radius 3 is 3.00 bits per heavy atom. The molecule has 0 amide bonds. The minimum atomic E-state index is 0.680. The molecule has 0 saturated carbocycles. The van der Waals surface area contributed by atoms with E-state index in [1.165, 1.54) is 25.7 Å². The molecule has 0 aliphatic heterocycles. The van der Waals surface area contributed by atoms with Crippen LogP contribution in [0.2, 0.25) is 0 Å². The standard InChI is InChI=1S/C13H21NS/c1-9(2)13-8-11-10(6-7-14)4-3-5-12(11)15-13/h8-10H,3-7,14H2,1-2H3. The van der Waals surface area contributed by atoms with Gasteiger partial charge in [-0.2, -0.15) is 0 Å². The highest BCUT2D eigenvalue weighted by molar-refractivity contribution is 7.12.